The van der Waals surface area contributed by atoms with Gasteiger partial charge in [0, 0.05) is 31.3 Å². The van der Waals surface area contributed by atoms with Crippen LogP contribution in [0.15, 0.2) is 11.3 Å². The molecule has 2 bridgehead atoms. The molecule has 0 radical (unpaired) electrons. The van der Waals surface area contributed by atoms with Crippen molar-refractivity contribution < 1.29 is 9.53 Å². The highest BCUT2D eigenvalue weighted by atomic mass is 16.5. The predicted molar refractivity (Wildman–Crippen MR) is 55.8 cm³/mol. The first-order valence-electron chi connectivity index (χ1n) is 5.92. The van der Waals surface area contributed by atoms with E-state index in [1.54, 1.807) is 0 Å². The Bertz CT molecular complexity index is 348. The first kappa shape index (κ1) is 9.40. The molecule has 3 heteroatoms. The van der Waals surface area contributed by atoms with Crippen LogP contribution >= 0.6 is 0 Å². The molecule has 0 spiro atoms. The number of rotatable bonds is 0. The molecule has 3 aliphatic rings. The summed E-state index contributed by atoms with van der Waals surface area (Å²) in [5, 5.41) is 0. The number of hydrogen-bond donors (Lipinski definition) is 1. The van der Waals surface area contributed by atoms with Crippen LogP contribution in [0, 0.1) is 5.92 Å². The molecule has 0 aromatic carbocycles. The van der Waals surface area contributed by atoms with Crippen LogP contribution in [-0.2, 0) is 9.53 Å². The Morgan fingerprint density at radius 2 is 2.20 bits per heavy atom. The number of hydrogen-bond acceptors (Lipinski definition) is 3. The standard InChI is InChI=1S/C12H17NO2/c13-12-6-2-3-8(7-12)11-9(14)4-1-5-10(11)15-12/h8H,1-7,13H2/t8-,12+/m1/s1. The van der Waals surface area contributed by atoms with Crippen molar-refractivity contribution >= 4 is 5.78 Å². The van der Waals surface area contributed by atoms with Gasteiger partial charge in [-0.2, -0.15) is 0 Å². The van der Waals surface area contributed by atoms with Crippen LogP contribution in [0.25, 0.3) is 0 Å². The average molecular weight is 207 g/mol. The van der Waals surface area contributed by atoms with Gasteiger partial charge in [0.1, 0.15) is 5.76 Å². The van der Waals surface area contributed by atoms with Crippen LogP contribution < -0.4 is 5.73 Å². The summed E-state index contributed by atoms with van der Waals surface area (Å²) < 4.78 is 5.86. The first-order chi connectivity index (χ1) is 7.18. The SMILES string of the molecule is N[C@]12CCC[C@H](C1)C1=C(CCCC1=O)O2. The number of ketones is 1. The third-order valence-corrected chi connectivity index (χ3v) is 3.89. The van der Waals surface area contributed by atoms with Crippen LogP contribution in [-0.4, -0.2) is 11.5 Å². The average Bonchev–Trinajstić information content (AvgIpc) is 2.16. The molecule has 2 atom stereocenters. The van der Waals surface area contributed by atoms with Gasteiger partial charge in [0.15, 0.2) is 11.5 Å². The predicted octanol–water partition coefficient (Wildman–Crippen LogP) is 1.87. The van der Waals surface area contributed by atoms with Crippen LogP contribution in [0.3, 0.4) is 0 Å². The van der Waals surface area contributed by atoms with Crippen molar-refractivity contribution in [3.8, 4) is 0 Å². The molecule has 2 N–H and O–H groups in total. The van der Waals surface area contributed by atoms with Gasteiger partial charge in [0.05, 0.1) is 0 Å². The number of fused-ring (bicyclic) bond motifs is 3. The lowest BCUT2D eigenvalue weighted by Crippen LogP contribution is -2.51. The molecule has 82 valence electrons. The van der Waals surface area contributed by atoms with Crippen LogP contribution in [0.5, 0.6) is 0 Å². The smallest absolute Gasteiger partial charge is 0.162 e. The summed E-state index contributed by atoms with van der Waals surface area (Å²) in [6.45, 7) is 0. The lowest BCUT2D eigenvalue weighted by Gasteiger charge is -2.45. The molecule has 0 saturated heterocycles. The normalized spacial score (nSPS) is 39.8. The molecule has 2 aliphatic carbocycles. The van der Waals surface area contributed by atoms with E-state index < -0.39 is 5.72 Å². The molecule has 0 unspecified atom stereocenters. The van der Waals surface area contributed by atoms with E-state index in [1.807, 2.05) is 0 Å². The largest absolute Gasteiger partial charge is 0.477 e. The lowest BCUT2D eigenvalue weighted by atomic mass is 9.73. The number of allylic oxidation sites excluding steroid dienone is 2. The minimum absolute atomic E-state index is 0.310. The molecule has 3 nitrogen and oxygen atoms in total. The molecule has 15 heavy (non-hydrogen) atoms. The summed E-state index contributed by atoms with van der Waals surface area (Å²) >= 11 is 0. The van der Waals surface area contributed by atoms with E-state index in [-0.39, 0.29) is 0 Å². The van der Waals surface area contributed by atoms with Gasteiger partial charge in [-0.25, -0.2) is 0 Å². The number of ether oxygens (including phenoxy) is 1. The molecule has 0 amide bonds. The van der Waals surface area contributed by atoms with Gasteiger partial charge in [-0.05, 0) is 25.2 Å². The zero-order valence-electron chi connectivity index (χ0n) is 8.92. The monoisotopic (exact) mass is 207 g/mol. The summed E-state index contributed by atoms with van der Waals surface area (Å²) in [4.78, 5) is 11.9. The first-order valence-corrected chi connectivity index (χ1v) is 5.92. The second-order valence-electron chi connectivity index (χ2n) is 5.07. The molecule has 1 fully saturated rings. The Morgan fingerprint density at radius 3 is 3.07 bits per heavy atom. The number of nitrogens with two attached hydrogens (primary N) is 1. The van der Waals surface area contributed by atoms with Gasteiger partial charge in [0.25, 0.3) is 0 Å². The highest BCUT2D eigenvalue weighted by Gasteiger charge is 2.44. The molecule has 0 aromatic heterocycles. The fourth-order valence-electron chi connectivity index (χ4n) is 3.25. The number of carbonyl (C=O) groups excluding carboxylic acids is 1. The summed E-state index contributed by atoms with van der Waals surface area (Å²) in [7, 11) is 0. The molecule has 1 aliphatic heterocycles. The van der Waals surface area contributed by atoms with E-state index in [1.165, 1.54) is 0 Å². The maximum atomic E-state index is 11.9. The van der Waals surface area contributed by atoms with E-state index in [2.05, 4.69) is 0 Å². The molecule has 1 saturated carbocycles. The van der Waals surface area contributed by atoms with Crippen molar-refractivity contribution in [2.24, 2.45) is 11.7 Å². The molecule has 0 aromatic rings. The van der Waals surface area contributed by atoms with Gasteiger partial charge in [-0.3, -0.25) is 10.5 Å². The van der Waals surface area contributed by atoms with Crippen molar-refractivity contribution in [1.29, 1.82) is 0 Å². The van der Waals surface area contributed by atoms with E-state index in [4.69, 9.17) is 10.5 Å². The zero-order valence-corrected chi connectivity index (χ0v) is 8.92. The van der Waals surface area contributed by atoms with Crippen molar-refractivity contribution in [3.63, 3.8) is 0 Å². The second-order valence-corrected chi connectivity index (χ2v) is 5.07. The number of carbonyl (C=O) groups is 1. The van der Waals surface area contributed by atoms with Crippen molar-refractivity contribution in [3.05, 3.63) is 11.3 Å². The van der Waals surface area contributed by atoms with E-state index in [9.17, 15) is 4.79 Å². The van der Waals surface area contributed by atoms with E-state index in [0.717, 1.165) is 49.9 Å². The van der Waals surface area contributed by atoms with Crippen LogP contribution in [0.4, 0.5) is 0 Å². The fraction of sp³-hybridized carbons (Fsp3) is 0.750. The Morgan fingerprint density at radius 1 is 1.33 bits per heavy atom. The van der Waals surface area contributed by atoms with Crippen molar-refractivity contribution in [2.45, 2.75) is 50.7 Å². The minimum atomic E-state index is -0.459. The van der Waals surface area contributed by atoms with Gasteiger partial charge in [-0.1, -0.05) is 0 Å². The summed E-state index contributed by atoms with van der Waals surface area (Å²) in [6.07, 6.45) is 6.54. The molecule has 3 rings (SSSR count). The number of Topliss-reactive ketones (excluding diaryl/α,β-unsaturated/α-hetero) is 1. The van der Waals surface area contributed by atoms with E-state index >= 15 is 0 Å². The van der Waals surface area contributed by atoms with Crippen molar-refractivity contribution in [1.82, 2.24) is 0 Å². The highest BCUT2D eigenvalue weighted by molar-refractivity contribution is 5.97. The quantitative estimate of drug-likeness (QED) is 0.659. The van der Waals surface area contributed by atoms with Gasteiger partial charge >= 0.3 is 0 Å². The summed E-state index contributed by atoms with van der Waals surface area (Å²) in [5.41, 5.74) is 6.71. The highest BCUT2D eigenvalue weighted by Crippen LogP contribution is 2.45. The zero-order chi connectivity index (χ0) is 10.5. The second kappa shape index (κ2) is 3.08. The minimum Gasteiger partial charge on any atom is -0.477 e. The molecule has 1 heterocycles. The third kappa shape index (κ3) is 1.41. The lowest BCUT2D eigenvalue weighted by molar-refractivity contribution is -0.121. The Balaban J connectivity index is 2.02. The van der Waals surface area contributed by atoms with Crippen molar-refractivity contribution in [2.75, 3.05) is 0 Å². The van der Waals surface area contributed by atoms with Gasteiger partial charge < -0.3 is 4.74 Å². The molecular weight excluding hydrogens is 190 g/mol. The Labute approximate surface area is 89.7 Å². The maximum absolute atomic E-state index is 11.9. The fourth-order valence-corrected chi connectivity index (χ4v) is 3.25. The Kier molecular flexibility index (Phi) is 1.93. The maximum Gasteiger partial charge on any atom is 0.162 e. The van der Waals surface area contributed by atoms with Crippen LogP contribution in [0.1, 0.15) is 44.9 Å². The Hall–Kier alpha value is -0.830. The summed E-state index contributed by atoms with van der Waals surface area (Å²) in [5.74, 6) is 1.62. The van der Waals surface area contributed by atoms with E-state index in [0.29, 0.717) is 18.1 Å². The molecular formula is C12H17NO2. The van der Waals surface area contributed by atoms with Crippen LogP contribution in [0.2, 0.25) is 0 Å². The topological polar surface area (TPSA) is 52.3 Å². The van der Waals surface area contributed by atoms with Gasteiger partial charge in [0.2, 0.25) is 0 Å². The third-order valence-electron chi connectivity index (χ3n) is 3.89. The summed E-state index contributed by atoms with van der Waals surface area (Å²) in [6, 6.07) is 0. The van der Waals surface area contributed by atoms with Gasteiger partial charge in [-0.15, -0.1) is 0 Å².